The lowest BCUT2D eigenvalue weighted by atomic mass is 9.87. The summed E-state index contributed by atoms with van der Waals surface area (Å²) in [5, 5.41) is 10.7. The molecule has 0 aromatic carbocycles. The smallest absolute Gasteiger partial charge is 0.0877 e. The van der Waals surface area contributed by atoms with E-state index in [2.05, 4.69) is 0 Å². The van der Waals surface area contributed by atoms with Gasteiger partial charge in [-0.25, -0.2) is 0 Å². The minimum atomic E-state index is -0.866. The van der Waals surface area contributed by atoms with Crippen LogP contribution in [0, 0.1) is 5.92 Å². The Morgan fingerprint density at radius 2 is 2.09 bits per heavy atom. The van der Waals surface area contributed by atoms with Crippen LogP contribution in [0.25, 0.3) is 0 Å². The summed E-state index contributed by atoms with van der Waals surface area (Å²) in [5.41, 5.74) is -0.866. The van der Waals surface area contributed by atoms with E-state index in [0.717, 1.165) is 0 Å². The summed E-state index contributed by atoms with van der Waals surface area (Å²) < 4.78 is 0. The summed E-state index contributed by atoms with van der Waals surface area (Å²) in [5.74, 6) is -0.123. The lowest BCUT2D eigenvalue weighted by Crippen LogP contribution is -2.32. The molecule has 0 spiro atoms. The van der Waals surface area contributed by atoms with E-state index in [9.17, 15) is 5.11 Å². The highest BCUT2D eigenvalue weighted by Crippen LogP contribution is 2.36. The Morgan fingerprint density at radius 1 is 1.55 bits per heavy atom. The molecular weight excluding hydrogens is 183 g/mol. The van der Waals surface area contributed by atoms with E-state index in [1.165, 1.54) is 0 Å². The minimum absolute atomic E-state index is 0.123. The van der Waals surface area contributed by atoms with Gasteiger partial charge < -0.3 is 5.11 Å². The van der Waals surface area contributed by atoms with Crippen LogP contribution in [0.2, 0.25) is 0 Å². The lowest BCUT2D eigenvalue weighted by Gasteiger charge is -2.29. The predicted molar refractivity (Wildman–Crippen MR) is 47.7 cm³/mol. The van der Waals surface area contributed by atoms with Gasteiger partial charge in [-0.15, -0.1) is 0 Å². The zero-order valence-electron chi connectivity index (χ0n) is 6.44. The van der Waals surface area contributed by atoms with Gasteiger partial charge in [0.1, 0.15) is 0 Å². The summed E-state index contributed by atoms with van der Waals surface area (Å²) in [4.78, 5) is 0. The monoisotopic (exact) mass is 192 g/mol. The van der Waals surface area contributed by atoms with Crippen molar-refractivity contribution >= 4 is 23.2 Å². The van der Waals surface area contributed by atoms with E-state index in [1.54, 1.807) is 19.1 Å². The highest BCUT2D eigenvalue weighted by molar-refractivity contribution is 6.40. The van der Waals surface area contributed by atoms with Crippen molar-refractivity contribution in [1.29, 1.82) is 0 Å². The molecular formula is C8H10Cl2O. The molecule has 0 bridgehead atoms. The molecule has 0 saturated heterocycles. The third kappa shape index (κ3) is 1.61. The second-order valence-corrected chi connectivity index (χ2v) is 3.79. The van der Waals surface area contributed by atoms with Crippen molar-refractivity contribution in [2.24, 2.45) is 5.92 Å². The first-order valence-corrected chi connectivity index (χ1v) is 4.17. The number of halogens is 2. The van der Waals surface area contributed by atoms with Crippen LogP contribution in [-0.2, 0) is 0 Å². The van der Waals surface area contributed by atoms with E-state index in [0.29, 0.717) is 10.1 Å². The molecule has 1 aliphatic carbocycles. The molecule has 1 rings (SSSR count). The number of hydrogen-bond acceptors (Lipinski definition) is 1. The zero-order chi connectivity index (χ0) is 8.65. The quantitative estimate of drug-likeness (QED) is 0.626. The molecule has 2 unspecified atom stereocenters. The van der Waals surface area contributed by atoms with Gasteiger partial charge in [0.2, 0.25) is 0 Å². The number of aliphatic hydroxyl groups is 1. The van der Waals surface area contributed by atoms with Gasteiger partial charge in [-0.2, -0.15) is 0 Å². The van der Waals surface area contributed by atoms with Crippen molar-refractivity contribution in [3.8, 4) is 0 Å². The summed E-state index contributed by atoms with van der Waals surface area (Å²) in [6.45, 7) is 3.55. The summed E-state index contributed by atoms with van der Waals surface area (Å²) >= 11 is 11.6. The maximum atomic E-state index is 9.67. The Hall–Kier alpha value is 0.0200. The molecule has 0 aromatic rings. The van der Waals surface area contributed by atoms with Crippen molar-refractivity contribution in [2.75, 3.05) is 0 Å². The fourth-order valence-electron chi connectivity index (χ4n) is 0.929. The molecule has 3 heteroatoms. The fourth-order valence-corrected chi connectivity index (χ4v) is 1.44. The van der Waals surface area contributed by atoms with Crippen LogP contribution in [-0.4, -0.2) is 10.7 Å². The molecule has 0 radical (unpaired) electrons. The van der Waals surface area contributed by atoms with E-state index in [-0.39, 0.29) is 5.92 Å². The van der Waals surface area contributed by atoms with Gasteiger partial charge in [0.15, 0.2) is 0 Å². The van der Waals surface area contributed by atoms with Crippen LogP contribution in [0.1, 0.15) is 13.8 Å². The molecule has 1 aliphatic rings. The summed E-state index contributed by atoms with van der Waals surface area (Å²) in [6, 6.07) is 0. The van der Waals surface area contributed by atoms with Gasteiger partial charge in [-0.05, 0) is 13.0 Å². The van der Waals surface area contributed by atoms with Gasteiger partial charge in [-0.3, -0.25) is 0 Å². The van der Waals surface area contributed by atoms with E-state index >= 15 is 0 Å². The van der Waals surface area contributed by atoms with Gasteiger partial charge in [0.05, 0.1) is 10.6 Å². The van der Waals surface area contributed by atoms with Crippen LogP contribution in [0.5, 0.6) is 0 Å². The first kappa shape index (κ1) is 9.11. The first-order chi connectivity index (χ1) is 4.95. The van der Waals surface area contributed by atoms with Crippen molar-refractivity contribution in [3.63, 3.8) is 0 Å². The van der Waals surface area contributed by atoms with E-state index in [4.69, 9.17) is 23.2 Å². The number of rotatable bonds is 0. The van der Waals surface area contributed by atoms with Crippen LogP contribution in [0.3, 0.4) is 0 Å². The van der Waals surface area contributed by atoms with Gasteiger partial charge in [-0.1, -0.05) is 36.2 Å². The van der Waals surface area contributed by atoms with Gasteiger partial charge >= 0.3 is 0 Å². The van der Waals surface area contributed by atoms with Crippen LogP contribution >= 0.6 is 23.2 Å². The Morgan fingerprint density at radius 3 is 2.55 bits per heavy atom. The molecule has 0 aliphatic heterocycles. The molecule has 0 amide bonds. The molecule has 1 nitrogen and oxygen atoms in total. The highest BCUT2D eigenvalue weighted by Gasteiger charge is 2.31. The number of allylic oxidation sites excluding steroid dienone is 2. The molecule has 0 saturated carbocycles. The zero-order valence-corrected chi connectivity index (χ0v) is 7.95. The van der Waals surface area contributed by atoms with E-state index < -0.39 is 5.60 Å². The lowest BCUT2D eigenvalue weighted by molar-refractivity contribution is 0.0709. The van der Waals surface area contributed by atoms with Crippen molar-refractivity contribution in [3.05, 3.63) is 22.2 Å². The third-order valence-electron chi connectivity index (χ3n) is 2.05. The van der Waals surface area contributed by atoms with Crippen LogP contribution in [0.15, 0.2) is 22.2 Å². The van der Waals surface area contributed by atoms with Gasteiger partial charge in [0, 0.05) is 11.0 Å². The maximum Gasteiger partial charge on any atom is 0.0877 e. The van der Waals surface area contributed by atoms with Crippen LogP contribution < -0.4 is 0 Å². The normalized spacial score (nSPS) is 38.1. The third-order valence-corrected chi connectivity index (χ3v) is 3.01. The van der Waals surface area contributed by atoms with Crippen molar-refractivity contribution in [2.45, 2.75) is 19.4 Å². The Balaban J connectivity index is 3.01. The minimum Gasteiger partial charge on any atom is -0.385 e. The largest absolute Gasteiger partial charge is 0.385 e. The topological polar surface area (TPSA) is 20.2 Å². The average molecular weight is 193 g/mol. The molecule has 1 N–H and O–H groups in total. The summed E-state index contributed by atoms with van der Waals surface area (Å²) in [6.07, 6.45) is 3.29. The molecule has 11 heavy (non-hydrogen) atoms. The molecule has 62 valence electrons. The van der Waals surface area contributed by atoms with Gasteiger partial charge in [0.25, 0.3) is 0 Å². The Labute approximate surface area is 76.3 Å². The molecule has 0 fully saturated rings. The van der Waals surface area contributed by atoms with Crippen molar-refractivity contribution < 1.29 is 5.11 Å². The molecule has 0 heterocycles. The van der Waals surface area contributed by atoms with Crippen molar-refractivity contribution in [1.82, 2.24) is 0 Å². The van der Waals surface area contributed by atoms with Crippen LogP contribution in [0.4, 0.5) is 0 Å². The summed E-state index contributed by atoms with van der Waals surface area (Å²) in [7, 11) is 0. The standard InChI is InChI=1S/C8H10Cl2O/c1-5-7(10)6(9)3-4-8(5,2)11/h3-5,11H,1-2H3. The highest BCUT2D eigenvalue weighted by atomic mass is 35.5. The molecule has 0 aromatic heterocycles. The second-order valence-electron chi connectivity index (χ2n) is 2.98. The average Bonchev–Trinajstić information content (AvgIpc) is 1.95. The molecule has 2 atom stereocenters. The fraction of sp³-hybridized carbons (Fsp3) is 0.500. The predicted octanol–water partition coefficient (Wildman–Crippen LogP) is 2.63. The maximum absolute atomic E-state index is 9.67. The SMILES string of the molecule is CC1C(Cl)=C(Cl)C=CC1(C)O. The Kier molecular flexibility index (Phi) is 2.33. The number of hydrogen-bond donors (Lipinski definition) is 1. The first-order valence-electron chi connectivity index (χ1n) is 3.42. The van der Waals surface area contributed by atoms with E-state index in [1.807, 2.05) is 6.92 Å². The Bertz CT molecular complexity index is 228. The second kappa shape index (κ2) is 2.81.